The molecule has 0 aliphatic carbocycles. The summed E-state index contributed by atoms with van der Waals surface area (Å²) in [5.41, 5.74) is 2.01. The van der Waals surface area contributed by atoms with Crippen molar-refractivity contribution in [3.8, 4) is 11.8 Å². The van der Waals surface area contributed by atoms with Crippen molar-refractivity contribution in [2.45, 2.75) is 25.2 Å². The monoisotopic (exact) mass is 370 g/mol. The summed E-state index contributed by atoms with van der Waals surface area (Å²) < 4.78 is 29.4. The molecule has 0 aromatic carbocycles. The van der Waals surface area contributed by atoms with Crippen molar-refractivity contribution in [1.29, 1.82) is 5.26 Å². The number of aromatic nitrogens is 4. The summed E-state index contributed by atoms with van der Waals surface area (Å²) in [4.78, 5) is 22.4. The van der Waals surface area contributed by atoms with Gasteiger partial charge in [0.05, 0.1) is 18.1 Å². The third-order valence-corrected chi connectivity index (χ3v) is 4.10. The van der Waals surface area contributed by atoms with Crippen LogP contribution in [0.4, 0.5) is 8.78 Å². The molecule has 0 saturated heterocycles. The first-order valence-corrected chi connectivity index (χ1v) is 8.26. The van der Waals surface area contributed by atoms with Gasteiger partial charge in [-0.1, -0.05) is 0 Å². The second-order valence-electron chi connectivity index (χ2n) is 6.00. The fourth-order valence-corrected chi connectivity index (χ4v) is 2.68. The normalized spacial score (nSPS) is 11.3. The van der Waals surface area contributed by atoms with Gasteiger partial charge in [0.25, 0.3) is 0 Å². The Labute approximate surface area is 153 Å². The molecule has 3 rings (SSSR count). The fraction of sp³-hybridized carbons (Fsp3) is 0.278. The molecule has 0 unspecified atom stereocenters. The van der Waals surface area contributed by atoms with E-state index in [2.05, 4.69) is 20.3 Å². The summed E-state index contributed by atoms with van der Waals surface area (Å²) >= 11 is 0. The van der Waals surface area contributed by atoms with Crippen LogP contribution in [-0.2, 0) is 11.2 Å². The maximum absolute atomic E-state index is 13.8. The summed E-state index contributed by atoms with van der Waals surface area (Å²) in [6, 6.07) is 5.51. The molecule has 3 heterocycles. The number of amides is 1. The van der Waals surface area contributed by atoms with Crippen LogP contribution < -0.4 is 5.32 Å². The summed E-state index contributed by atoms with van der Waals surface area (Å²) in [7, 11) is 0. The Hall–Kier alpha value is -3.41. The summed E-state index contributed by atoms with van der Waals surface area (Å²) in [5, 5.41) is 11.8. The second kappa shape index (κ2) is 7.86. The molecule has 0 aliphatic rings. The molecule has 0 spiro atoms. The van der Waals surface area contributed by atoms with E-state index in [0.717, 1.165) is 5.39 Å². The average Bonchev–Trinajstić information content (AvgIpc) is 3.10. The molecule has 3 aromatic heterocycles. The number of aryl methyl sites for hydroxylation is 1. The van der Waals surface area contributed by atoms with E-state index in [4.69, 9.17) is 5.26 Å². The van der Waals surface area contributed by atoms with Crippen molar-refractivity contribution >= 4 is 17.4 Å². The van der Waals surface area contributed by atoms with E-state index in [1.54, 1.807) is 17.0 Å². The van der Waals surface area contributed by atoms with E-state index >= 15 is 0 Å². The number of nitrogens with zero attached hydrogens (tertiary/aromatic N) is 5. The van der Waals surface area contributed by atoms with Crippen molar-refractivity contribution in [3.63, 3.8) is 0 Å². The molecule has 0 aliphatic heterocycles. The zero-order valence-corrected chi connectivity index (χ0v) is 14.3. The number of alkyl halides is 2. The number of carbonyl (C=O) groups is 1. The van der Waals surface area contributed by atoms with E-state index < -0.39 is 12.3 Å². The Morgan fingerprint density at radius 2 is 2.00 bits per heavy atom. The summed E-state index contributed by atoms with van der Waals surface area (Å²) in [6.45, 7) is -0.0523. The summed E-state index contributed by atoms with van der Waals surface area (Å²) in [5.74, 6) is -2.77. The standard InChI is InChI=1S/C18H16F2N6O/c19-18(20,4-5-22-12-27)3-1-13-7-14-2-6-26(17(14)25-9-13)15-10-23-16(8-21)24-11-15/h2,6-7,9-12H,1,3-5H2,(H,22,27). The number of fused-ring (bicyclic) bond motifs is 1. The molecule has 7 nitrogen and oxygen atoms in total. The van der Waals surface area contributed by atoms with Crippen LogP contribution in [0.15, 0.2) is 36.9 Å². The molecule has 3 aromatic rings. The minimum absolute atomic E-state index is 0.0523. The van der Waals surface area contributed by atoms with E-state index in [1.807, 2.05) is 18.2 Å². The van der Waals surface area contributed by atoms with Gasteiger partial charge in [-0.2, -0.15) is 5.26 Å². The van der Waals surface area contributed by atoms with Gasteiger partial charge in [0, 0.05) is 37.2 Å². The number of rotatable bonds is 8. The Balaban J connectivity index is 1.73. The van der Waals surface area contributed by atoms with Crippen molar-refractivity contribution in [3.05, 3.63) is 48.3 Å². The molecule has 0 fully saturated rings. The van der Waals surface area contributed by atoms with Gasteiger partial charge in [0.2, 0.25) is 18.2 Å². The first kappa shape index (κ1) is 18.4. The van der Waals surface area contributed by atoms with E-state index in [0.29, 0.717) is 23.3 Å². The lowest BCUT2D eigenvalue weighted by Crippen LogP contribution is -2.24. The van der Waals surface area contributed by atoms with Crippen LogP contribution in [0, 0.1) is 11.3 Å². The smallest absolute Gasteiger partial charge is 0.250 e. The quantitative estimate of drug-likeness (QED) is 0.485. The van der Waals surface area contributed by atoms with Crippen LogP contribution >= 0.6 is 0 Å². The van der Waals surface area contributed by atoms with Gasteiger partial charge in [-0.3, -0.25) is 9.36 Å². The second-order valence-corrected chi connectivity index (χ2v) is 6.00. The highest BCUT2D eigenvalue weighted by atomic mass is 19.3. The number of hydrogen-bond acceptors (Lipinski definition) is 5. The molecule has 0 bridgehead atoms. The van der Waals surface area contributed by atoms with Crippen LogP contribution in [-0.4, -0.2) is 38.4 Å². The van der Waals surface area contributed by atoms with Gasteiger partial charge in [0.15, 0.2) is 0 Å². The molecule has 27 heavy (non-hydrogen) atoms. The van der Waals surface area contributed by atoms with Gasteiger partial charge < -0.3 is 5.32 Å². The summed E-state index contributed by atoms with van der Waals surface area (Å²) in [6.07, 6.45) is 6.29. The molecule has 0 saturated carbocycles. The number of hydrogen-bond donors (Lipinski definition) is 1. The first-order chi connectivity index (χ1) is 13.0. The van der Waals surface area contributed by atoms with Gasteiger partial charge in [-0.15, -0.1) is 0 Å². The zero-order chi connectivity index (χ0) is 19.3. The van der Waals surface area contributed by atoms with Crippen LogP contribution in [0.5, 0.6) is 0 Å². The molecule has 0 atom stereocenters. The SMILES string of the molecule is N#Cc1ncc(-n2ccc3cc(CCC(F)(F)CCNC=O)cnc32)cn1. The van der Waals surface area contributed by atoms with Crippen LogP contribution in [0.3, 0.4) is 0 Å². The number of pyridine rings is 1. The van der Waals surface area contributed by atoms with Crippen molar-refractivity contribution in [2.24, 2.45) is 0 Å². The molecule has 0 radical (unpaired) electrons. The highest BCUT2D eigenvalue weighted by Crippen LogP contribution is 2.26. The number of nitrogens with one attached hydrogen (secondary N) is 1. The predicted octanol–water partition coefficient (Wildman–Crippen LogP) is 2.39. The van der Waals surface area contributed by atoms with Gasteiger partial charge in [-0.05, 0) is 24.1 Å². The molecule has 138 valence electrons. The van der Waals surface area contributed by atoms with E-state index in [-0.39, 0.29) is 25.2 Å². The number of carbonyl (C=O) groups excluding carboxylic acids is 1. The minimum Gasteiger partial charge on any atom is -0.358 e. The van der Waals surface area contributed by atoms with Crippen molar-refractivity contribution in [2.75, 3.05) is 6.54 Å². The minimum atomic E-state index is -2.85. The van der Waals surface area contributed by atoms with Gasteiger partial charge in [0.1, 0.15) is 11.7 Å². The Morgan fingerprint density at radius 1 is 1.22 bits per heavy atom. The molecular weight excluding hydrogens is 354 g/mol. The van der Waals surface area contributed by atoms with Crippen LogP contribution in [0.25, 0.3) is 16.7 Å². The molecule has 9 heteroatoms. The van der Waals surface area contributed by atoms with Gasteiger partial charge >= 0.3 is 0 Å². The largest absolute Gasteiger partial charge is 0.358 e. The Bertz CT molecular complexity index is 978. The zero-order valence-electron chi connectivity index (χ0n) is 14.3. The Kier molecular flexibility index (Phi) is 5.35. The highest BCUT2D eigenvalue weighted by molar-refractivity contribution is 5.78. The lowest BCUT2D eigenvalue weighted by atomic mass is 10.0. The third kappa shape index (κ3) is 4.41. The first-order valence-electron chi connectivity index (χ1n) is 8.26. The average molecular weight is 370 g/mol. The molecule has 1 amide bonds. The highest BCUT2D eigenvalue weighted by Gasteiger charge is 2.27. The number of nitriles is 1. The van der Waals surface area contributed by atoms with Crippen molar-refractivity contribution < 1.29 is 13.6 Å². The third-order valence-electron chi connectivity index (χ3n) is 4.10. The maximum Gasteiger partial charge on any atom is 0.250 e. The van der Waals surface area contributed by atoms with E-state index in [1.165, 1.54) is 12.4 Å². The predicted molar refractivity (Wildman–Crippen MR) is 93.3 cm³/mol. The number of halogens is 2. The lowest BCUT2D eigenvalue weighted by molar-refractivity contribution is -0.109. The Morgan fingerprint density at radius 3 is 2.70 bits per heavy atom. The van der Waals surface area contributed by atoms with Crippen LogP contribution in [0.2, 0.25) is 0 Å². The fourth-order valence-electron chi connectivity index (χ4n) is 2.68. The maximum atomic E-state index is 13.8. The molecular formula is C18H16F2N6O. The van der Waals surface area contributed by atoms with Crippen molar-refractivity contribution in [1.82, 2.24) is 24.8 Å². The lowest BCUT2D eigenvalue weighted by Gasteiger charge is -2.15. The van der Waals surface area contributed by atoms with E-state index in [9.17, 15) is 13.6 Å². The van der Waals surface area contributed by atoms with Crippen LogP contribution in [0.1, 0.15) is 24.2 Å². The topological polar surface area (TPSA) is 96.5 Å². The van der Waals surface area contributed by atoms with Gasteiger partial charge in [-0.25, -0.2) is 23.7 Å². The molecule has 1 N–H and O–H groups in total.